The van der Waals surface area contributed by atoms with E-state index in [1.54, 1.807) is 6.92 Å². The summed E-state index contributed by atoms with van der Waals surface area (Å²) in [6, 6.07) is 6.53. The maximum Gasteiger partial charge on any atom is 0.240 e. The van der Waals surface area contributed by atoms with Gasteiger partial charge >= 0.3 is 0 Å². The van der Waals surface area contributed by atoms with Crippen LogP contribution in [0.15, 0.2) is 23.1 Å². The fourth-order valence-corrected chi connectivity index (χ4v) is 3.91. The summed E-state index contributed by atoms with van der Waals surface area (Å²) in [6.45, 7) is 1.98. The van der Waals surface area contributed by atoms with Gasteiger partial charge in [-0.1, -0.05) is 19.3 Å². The molecule has 1 aliphatic carbocycles. The monoisotopic (exact) mass is 343 g/mol. The minimum Gasteiger partial charge on any atom is -0.324 e. The summed E-state index contributed by atoms with van der Waals surface area (Å²) in [6.07, 6.45) is 4.97. The van der Waals surface area contributed by atoms with Gasteiger partial charge < -0.3 is 5.73 Å². The molecular formula is C15H22ClN3O2S. The first-order valence-corrected chi connectivity index (χ1v) is 8.64. The topological polar surface area (TPSA) is 96.0 Å². The molecule has 22 heavy (non-hydrogen) atoms. The van der Waals surface area contributed by atoms with Crippen LogP contribution in [-0.2, 0) is 10.0 Å². The fraction of sp³-hybridized carbons (Fsp3) is 0.533. The molecule has 0 amide bonds. The van der Waals surface area contributed by atoms with E-state index in [1.165, 1.54) is 24.6 Å². The van der Waals surface area contributed by atoms with Crippen LogP contribution in [0.25, 0.3) is 0 Å². The number of rotatable bonds is 4. The molecule has 0 aromatic heterocycles. The third kappa shape index (κ3) is 4.43. The maximum absolute atomic E-state index is 12.3. The number of nitrogens with one attached hydrogen (secondary N) is 1. The third-order valence-corrected chi connectivity index (χ3v) is 5.49. The van der Waals surface area contributed by atoms with E-state index in [9.17, 15) is 8.42 Å². The lowest BCUT2D eigenvalue weighted by Gasteiger charge is -2.33. The van der Waals surface area contributed by atoms with Gasteiger partial charge in [-0.05, 0) is 43.5 Å². The lowest BCUT2D eigenvalue weighted by Crippen LogP contribution is -2.51. The van der Waals surface area contributed by atoms with Crippen molar-refractivity contribution >= 4 is 22.4 Å². The molecule has 3 N–H and O–H groups in total. The summed E-state index contributed by atoms with van der Waals surface area (Å²) in [4.78, 5) is 0.179. The first kappa shape index (κ1) is 18.9. The van der Waals surface area contributed by atoms with Crippen LogP contribution in [0.5, 0.6) is 0 Å². The lowest BCUT2D eigenvalue weighted by atomic mass is 9.83. The third-order valence-electron chi connectivity index (χ3n) is 4.09. The molecule has 2 rings (SSSR count). The van der Waals surface area contributed by atoms with Gasteiger partial charge in [0.2, 0.25) is 10.0 Å². The van der Waals surface area contributed by atoms with E-state index in [1.807, 2.05) is 6.07 Å². The van der Waals surface area contributed by atoms with E-state index < -0.39 is 15.6 Å². The van der Waals surface area contributed by atoms with E-state index in [-0.39, 0.29) is 23.8 Å². The molecule has 0 aliphatic heterocycles. The number of nitrogens with two attached hydrogens (primary N) is 1. The Hall–Kier alpha value is -1.13. The van der Waals surface area contributed by atoms with Crippen molar-refractivity contribution < 1.29 is 8.42 Å². The first-order chi connectivity index (χ1) is 9.86. The Bertz CT molecular complexity index is 662. The van der Waals surface area contributed by atoms with Crippen molar-refractivity contribution in [1.82, 2.24) is 4.72 Å². The number of sulfonamides is 1. The Morgan fingerprint density at radius 3 is 2.50 bits per heavy atom. The number of hydrogen-bond donors (Lipinski definition) is 2. The van der Waals surface area contributed by atoms with Crippen molar-refractivity contribution in [3.05, 3.63) is 29.3 Å². The van der Waals surface area contributed by atoms with Crippen LogP contribution in [0.3, 0.4) is 0 Å². The van der Waals surface area contributed by atoms with E-state index in [2.05, 4.69) is 4.72 Å². The predicted octanol–water partition coefficient (Wildman–Crippen LogP) is 2.23. The molecule has 7 heteroatoms. The highest BCUT2D eigenvalue weighted by atomic mass is 35.5. The smallest absolute Gasteiger partial charge is 0.240 e. The SMILES string of the molecule is Cc1cc(S(=O)(=O)NCC2(N)CCCCC2)ccc1C#N.Cl. The minimum absolute atomic E-state index is 0. The summed E-state index contributed by atoms with van der Waals surface area (Å²) in [5, 5.41) is 8.89. The Labute approximate surface area is 138 Å². The van der Waals surface area contributed by atoms with E-state index in [0.717, 1.165) is 25.7 Å². The van der Waals surface area contributed by atoms with Crippen LogP contribution in [0, 0.1) is 18.3 Å². The Kier molecular flexibility index (Phi) is 6.38. The summed E-state index contributed by atoms with van der Waals surface area (Å²) in [5.74, 6) is 0. The fourth-order valence-electron chi connectivity index (χ4n) is 2.68. The molecule has 0 unspecified atom stereocenters. The molecule has 0 radical (unpaired) electrons. The number of benzene rings is 1. The Morgan fingerprint density at radius 1 is 1.32 bits per heavy atom. The van der Waals surface area contributed by atoms with Gasteiger partial charge in [-0.15, -0.1) is 12.4 Å². The second-order valence-corrected chi connectivity index (χ2v) is 7.60. The molecule has 1 saturated carbocycles. The zero-order valence-electron chi connectivity index (χ0n) is 12.6. The molecule has 0 heterocycles. The van der Waals surface area contributed by atoms with Gasteiger partial charge in [0.25, 0.3) is 0 Å². The average molecular weight is 344 g/mol. The number of halogens is 1. The van der Waals surface area contributed by atoms with Crippen LogP contribution >= 0.6 is 12.4 Å². The molecule has 5 nitrogen and oxygen atoms in total. The van der Waals surface area contributed by atoms with E-state index >= 15 is 0 Å². The van der Waals surface area contributed by atoms with Crippen LogP contribution in [0.2, 0.25) is 0 Å². The molecule has 1 aliphatic rings. The van der Waals surface area contributed by atoms with Crippen molar-refractivity contribution in [3.8, 4) is 6.07 Å². The Morgan fingerprint density at radius 2 is 1.95 bits per heavy atom. The summed E-state index contributed by atoms with van der Waals surface area (Å²) < 4.78 is 27.3. The van der Waals surface area contributed by atoms with Crippen molar-refractivity contribution in [3.63, 3.8) is 0 Å². The molecule has 0 bridgehead atoms. The first-order valence-electron chi connectivity index (χ1n) is 7.16. The maximum atomic E-state index is 12.3. The standard InChI is InChI=1S/C15H21N3O2S.ClH/c1-12-9-14(6-5-13(12)10-16)21(19,20)18-11-15(17)7-3-2-4-8-15;/h5-6,9,18H,2-4,7-8,11,17H2,1H3;1H. The van der Waals surface area contributed by atoms with Gasteiger partial charge in [-0.2, -0.15) is 5.26 Å². The van der Waals surface area contributed by atoms with Gasteiger partial charge in [0.15, 0.2) is 0 Å². The van der Waals surface area contributed by atoms with Gasteiger partial charge in [0.05, 0.1) is 16.5 Å². The predicted molar refractivity (Wildman–Crippen MR) is 88.3 cm³/mol. The molecule has 1 aromatic rings. The minimum atomic E-state index is -3.58. The van der Waals surface area contributed by atoms with Gasteiger partial charge in [-0.25, -0.2) is 13.1 Å². The van der Waals surface area contributed by atoms with Gasteiger partial charge in [-0.3, -0.25) is 0 Å². The molecule has 1 fully saturated rings. The second-order valence-electron chi connectivity index (χ2n) is 5.84. The average Bonchev–Trinajstić information content (AvgIpc) is 2.46. The lowest BCUT2D eigenvalue weighted by molar-refractivity contribution is 0.296. The van der Waals surface area contributed by atoms with Gasteiger partial charge in [0, 0.05) is 12.1 Å². The van der Waals surface area contributed by atoms with Crippen LogP contribution in [0.4, 0.5) is 0 Å². The van der Waals surface area contributed by atoms with Crippen LogP contribution in [0.1, 0.15) is 43.2 Å². The molecule has 0 atom stereocenters. The molecule has 1 aromatic carbocycles. The van der Waals surface area contributed by atoms with E-state index in [0.29, 0.717) is 11.1 Å². The molecule has 0 saturated heterocycles. The number of aryl methyl sites for hydroxylation is 1. The molecular weight excluding hydrogens is 322 g/mol. The summed E-state index contributed by atoms with van der Waals surface area (Å²) in [5.41, 5.74) is 6.95. The van der Waals surface area contributed by atoms with Gasteiger partial charge in [0.1, 0.15) is 0 Å². The summed E-state index contributed by atoms with van der Waals surface area (Å²) in [7, 11) is -3.58. The van der Waals surface area contributed by atoms with Crippen LogP contribution in [-0.4, -0.2) is 20.5 Å². The normalized spacial score (nSPS) is 17.3. The second kappa shape index (κ2) is 7.42. The highest BCUT2D eigenvalue weighted by molar-refractivity contribution is 7.89. The van der Waals surface area contributed by atoms with Crippen molar-refractivity contribution in [1.29, 1.82) is 5.26 Å². The molecule has 122 valence electrons. The largest absolute Gasteiger partial charge is 0.324 e. The summed E-state index contributed by atoms with van der Waals surface area (Å²) >= 11 is 0. The van der Waals surface area contributed by atoms with Crippen molar-refractivity contribution in [2.45, 2.75) is 49.5 Å². The Balaban J connectivity index is 0.00000242. The highest BCUT2D eigenvalue weighted by Gasteiger charge is 2.29. The van der Waals surface area contributed by atoms with Crippen molar-refractivity contribution in [2.24, 2.45) is 5.73 Å². The number of nitrogens with zero attached hydrogens (tertiary/aromatic N) is 1. The zero-order valence-corrected chi connectivity index (χ0v) is 14.3. The highest BCUT2D eigenvalue weighted by Crippen LogP contribution is 2.25. The van der Waals surface area contributed by atoms with E-state index in [4.69, 9.17) is 11.0 Å². The number of nitriles is 1. The van der Waals surface area contributed by atoms with Crippen LogP contribution < -0.4 is 10.5 Å². The zero-order chi connectivity index (χ0) is 15.5. The molecule has 0 spiro atoms. The van der Waals surface area contributed by atoms with Crippen molar-refractivity contribution in [2.75, 3.05) is 6.54 Å². The quantitative estimate of drug-likeness (QED) is 0.876. The number of hydrogen-bond acceptors (Lipinski definition) is 4.